The van der Waals surface area contributed by atoms with Crippen molar-refractivity contribution in [1.82, 2.24) is 0 Å². The van der Waals surface area contributed by atoms with Crippen LogP contribution in [0, 0.1) is 5.92 Å². The molecule has 3 heteroatoms. The van der Waals surface area contributed by atoms with Gasteiger partial charge in [-0.15, -0.1) is 0 Å². The van der Waals surface area contributed by atoms with Gasteiger partial charge in [0, 0.05) is 0 Å². The Balaban J connectivity index is 1.63. The van der Waals surface area contributed by atoms with E-state index in [9.17, 15) is 0 Å². The molecule has 0 saturated heterocycles. The van der Waals surface area contributed by atoms with Gasteiger partial charge in [-0.05, 0) is 0 Å². The van der Waals surface area contributed by atoms with Crippen LogP contribution in [-0.2, 0) is 4.74 Å². The van der Waals surface area contributed by atoms with E-state index in [1.807, 2.05) is 0 Å². The third-order valence-electron chi connectivity index (χ3n) is 5.74. The van der Waals surface area contributed by atoms with Crippen molar-refractivity contribution in [3.05, 3.63) is 102 Å². The molecule has 1 aliphatic heterocycles. The van der Waals surface area contributed by atoms with Crippen LogP contribution in [0.2, 0.25) is 11.9 Å². The van der Waals surface area contributed by atoms with Gasteiger partial charge in [0.05, 0.1) is 0 Å². The molecular weight excluding hydrogens is 435 g/mol. The van der Waals surface area contributed by atoms with Crippen LogP contribution in [0.3, 0.4) is 0 Å². The van der Waals surface area contributed by atoms with Crippen molar-refractivity contribution in [3.63, 3.8) is 0 Å². The average molecular weight is 464 g/mol. The van der Waals surface area contributed by atoms with Crippen molar-refractivity contribution < 1.29 is 4.74 Å². The molecule has 0 saturated carbocycles. The topological polar surface area (TPSA) is 9.23 Å². The van der Waals surface area contributed by atoms with Crippen LogP contribution in [-0.4, -0.2) is 29.1 Å². The summed E-state index contributed by atoms with van der Waals surface area (Å²) in [4.78, 5) is 0. The fourth-order valence-corrected chi connectivity index (χ4v) is 9.69. The summed E-state index contributed by atoms with van der Waals surface area (Å²) in [5.41, 5.74) is 0. The van der Waals surface area contributed by atoms with Crippen LogP contribution < -0.4 is 14.8 Å². The molecule has 1 heterocycles. The second kappa shape index (κ2) is 9.17. The van der Waals surface area contributed by atoms with Crippen molar-refractivity contribution in [2.45, 2.75) is 31.3 Å². The third kappa shape index (κ3) is 4.58. The number of benzene rings is 3. The minimum absolute atomic E-state index is 0.310. The molecule has 148 valence electrons. The Labute approximate surface area is 182 Å². The van der Waals surface area contributed by atoms with Crippen LogP contribution in [0.4, 0.5) is 0 Å². The van der Waals surface area contributed by atoms with Crippen LogP contribution in [0.1, 0.15) is 13.3 Å². The molecule has 1 nitrogen and oxygen atoms in total. The summed E-state index contributed by atoms with van der Waals surface area (Å²) in [6.45, 7) is 4.79. The summed E-state index contributed by atoms with van der Waals surface area (Å²) in [7, 11) is -2.15. The first-order chi connectivity index (χ1) is 14.2. The molecule has 0 spiro atoms. The van der Waals surface area contributed by atoms with E-state index in [-0.39, 0.29) is 0 Å². The first kappa shape index (κ1) is 20.2. The molecule has 2 unspecified atom stereocenters. The summed E-state index contributed by atoms with van der Waals surface area (Å²) >= 11 is 0.450. The molecule has 29 heavy (non-hydrogen) atoms. The van der Waals surface area contributed by atoms with Crippen molar-refractivity contribution in [3.8, 4) is 0 Å². The van der Waals surface area contributed by atoms with Crippen LogP contribution in [0.25, 0.3) is 0 Å². The molecule has 0 fully saturated rings. The van der Waals surface area contributed by atoms with E-state index in [0.29, 0.717) is 27.0 Å². The predicted octanol–water partition coefficient (Wildman–Crippen LogP) is 4.18. The molecule has 2 atom stereocenters. The molecule has 0 radical (unpaired) electrons. The molecule has 0 aliphatic carbocycles. The standard InChI is InChI=1S/C26H28OSeSi/c1-21-18-22(20-28-23-12-6-3-7-13-23)27-26(19-21)29(2,24-14-8-4-9-15-24)25-16-10-5-11-17-25/h3-17,19,21-22H,18,20H2,1-2H3. The number of ether oxygens (including phenoxy) is 1. The van der Waals surface area contributed by atoms with E-state index in [1.54, 1.807) is 0 Å². The van der Waals surface area contributed by atoms with Crippen molar-refractivity contribution in [1.29, 1.82) is 0 Å². The Hall–Kier alpha value is -2.06. The number of allylic oxidation sites excluding steroid dienone is 1. The maximum atomic E-state index is 6.79. The van der Waals surface area contributed by atoms with Gasteiger partial charge in [-0.2, -0.15) is 0 Å². The van der Waals surface area contributed by atoms with Crippen LogP contribution in [0.15, 0.2) is 102 Å². The second-order valence-corrected chi connectivity index (χ2v) is 14.2. The molecule has 0 N–H and O–H groups in total. The summed E-state index contributed by atoms with van der Waals surface area (Å²) in [6, 6.07) is 32.8. The Bertz CT molecular complexity index is 901. The zero-order valence-electron chi connectivity index (χ0n) is 17.1. The Morgan fingerprint density at radius 2 is 1.34 bits per heavy atom. The van der Waals surface area contributed by atoms with Gasteiger partial charge in [0.25, 0.3) is 0 Å². The van der Waals surface area contributed by atoms with Gasteiger partial charge in [-0.1, -0.05) is 0 Å². The van der Waals surface area contributed by atoms with Crippen LogP contribution >= 0.6 is 0 Å². The third-order valence-corrected chi connectivity index (χ3v) is 12.4. The van der Waals surface area contributed by atoms with Crippen LogP contribution in [0.5, 0.6) is 0 Å². The van der Waals surface area contributed by atoms with Crippen molar-refractivity contribution >= 4 is 37.9 Å². The Kier molecular flexibility index (Phi) is 6.39. The van der Waals surface area contributed by atoms with E-state index in [1.165, 1.54) is 20.2 Å². The van der Waals surface area contributed by atoms with Gasteiger partial charge in [0.15, 0.2) is 0 Å². The number of rotatable bonds is 6. The van der Waals surface area contributed by atoms with Gasteiger partial charge >= 0.3 is 182 Å². The van der Waals surface area contributed by atoms with Crippen molar-refractivity contribution in [2.24, 2.45) is 5.92 Å². The average Bonchev–Trinajstić information content (AvgIpc) is 2.78. The minimum atomic E-state index is -2.15. The Morgan fingerprint density at radius 1 is 0.828 bits per heavy atom. The molecule has 0 bridgehead atoms. The monoisotopic (exact) mass is 464 g/mol. The molecule has 3 aromatic rings. The van der Waals surface area contributed by atoms with Gasteiger partial charge in [-0.3, -0.25) is 0 Å². The van der Waals surface area contributed by atoms with E-state index in [0.717, 1.165) is 11.7 Å². The van der Waals surface area contributed by atoms with E-state index < -0.39 is 8.07 Å². The molecule has 0 amide bonds. The van der Waals surface area contributed by atoms with Gasteiger partial charge in [0.2, 0.25) is 0 Å². The summed E-state index contributed by atoms with van der Waals surface area (Å²) in [5, 5.41) is 5.20. The molecule has 1 aliphatic rings. The second-order valence-electron chi connectivity index (χ2n) is 7.96. The zero-order valence-corrected chi connectivity index (χ0v) is 19.8. The number of hydrogen-bond acceptors (Lipinski definition) is 1. The molecule has 3 aromatic carbocycles. The molecular formula is C26H28OSeSi. The van der Waals surface area contributed by atoms with Gasteiger partial charge < -0.3 is 0 Å². The normalized spacial score (nSPS) is 19.3. The van der Waals surface area contributed by atoms with E-state index in [2.05, 4.69) is 111 Å². The van der Waals surface area contributed by atoms with Gasteiger partial charge in [-0.25, -0.2) is 0 Å². The summed E-state index contributed by atoms with van der Waals surface area (Å²) in [5.74, 6) is 0.551. The summed E-state index contributed by atoms with van der Waals surface area (Å²) < 4.78 is 8.25. The fraction of sp³-hybridized carbons (Fsp3) is 0.231. The first-order valence-corrected chi connectivity index (χ1v) is 14.9. The first-order valence-electron chi connectivity index (χ1n) is 10.3. The Morgan fingerprint density at radius 3 is 1.90 bits per heavy atom. The van der Waals surface area contributed by atoms with E-state index >= 15 is 0 Å². The zero-order chi connectivity index (χ0) is 20.1. The van der Waals surface area contributed by atoms with Gasteiger partial charge in [0.1, 0.15) is 0 Å². The summed E-state index contributed by atoms with van der Waals surface area (Å²) in [6.07, 6.45) is 3.84. The maximum absolute atomic E-state index is 6.79. The number of hydrogen-bond donors (Lipinski definition) is 0. The predicted molar refractivity (Wildman–Crippen MR) is 127 cm³/mol. The van der Waals surface area contributed by atoms with E-state index in [4.69, 9.17) is 4.74 Å². The SMILES string of the molecule is CC1C=C([Si](C)(c2ccccc2)c2ccccc2)OC(C[Se]c2ccccc2)C1. The molecule has 0 aromatic heterocycles. The fourth-order valence-electron chi connectivity index (χ4n) is 4.09. The quantitative estimate of drug-likeness (QED) is 0.499. The van der Waals surface area contributed by atoms with Crippen molar-refractivity contribution in [2.75, 3.05) is 0 Å². The molecule has 4 rings (SSSR count).